The molecule has 2 heterocycles. The molecule has 0 unspecified atom stereocenters. The number of carbonyl (C=O) groups is 2. The number of ether oxygens (including phenoxy) is 3. The van der Waals surface area contributed by atoms with Gasteiger partial charge in [0.1, 0.15) is 5.03 Å². The van der Waals surface area contributed by atoms with E-state index in [-0.39, 0.29) is 18.5 Å². The van der Waals surface area contributed by atoms with Gasteiger partial charge in [-0.3, -0.25) is 4.79 Å². The van der Waals surface area contributed by atoms with Gasteiger partial charge in [0, 0.05) is 17.1 Å². The Labute approximate surface area is 177 Å². The molecular weight excluding hydrogens is 404 g/mol. The summed E-state index contributed by atoms with van der Waals surface area (Å²) >= 11 is 1.39. The molecule has 0 saturated carbocycles. The fraction of sp³-hybridized carbons (Fsp3) is 0.227. The summed E-state index contributed by atoms with van der Waals surface area (Å²) in [4.78, 5) is 28.6. The summed E-state index contributed by atoms with van der Waals surface area (Å²) < 4.78 is 15.5. The van der Waals surface area contributed by atoms with Gasteiger partial charge in [0.15, 0.2) is 11.5 Å². The number of hydrogen-bond acceptors (Lipinski definition) is 7. The average molecular weight is 424 g/mol. The van der Waals surface area contributed by atoms with Crippen molar-refractivity contribution < 1.29 is 23.8 Å². The molecular formula is C22H20N2O5S. The maximum absolute atomic E-state index is 12.4. The molecule has 0 saturated heterocycles. The number of thioether (sulfide) groups is 1. The number of pyridine rings is 1. The average Bonchev–Trinajstić information content (AvgIpc) is 3.22. The Morgan fingerprint density at radius 3 is 2.57 bits per heavy atom. The van der Waals surface area contributed by atoms with Crippen molar-refractivity contribution >= 4 is 40.2 Å². The number of fused-ring (bicyclic) bond motifs is 2. The van der Waals surface area contributed by atoms with Crippen LogP contribution >= 0.6 is 11.8 Å². The van der Waals surface area contributed by atoms with Crippen molar-refractivity contribution in [2.24, 2.45) is 0 Å². The molecule has 0 atom stereocenters. The second-order valence-electron chi connectivity index (χ2n) is 6.61. The van der Waals surface area contributed by atoms with Gasteiger partial charge in [0.25, 0.3) is 0 Å². The van der Waals surface area contributed by atoms with Crippen LogP contribution in [0, 0.1) is 0 Å². The lowest BCUT2D eigenvalue weighted by molar-refractivity contribution is -0.113. The minimum Gasteiger partial charge on any atom is -0.465 e. The van der Waals surface area contributed by atoms with E-state index >= 15 is 0 Å². The molecule has 0 radical (unpaired) electrons. The second-order valence-corrected chi connectivity index (χ2v) is 7.57. The van der Waals surface area contributed by atoms with E-state index in [1.807, 2.05) is 12.1 Å². The molecule has 2 aromatic carbocycles. The first-order valence-electron chi connectivity index (χ1n) is 9.41. The summed E-state index contributed by atoms with van der Waals surface area (Å²) in [6, 6.07) is 12.4. The van der Waals surface area contributed by atoms with Gasteiger partial charge in [-0.2, -0.15) is 0 Å². The van der Waals surface area contributed by atoms with E-state index in [1.54, 1.807) is 24.3 Å². The molecule has 30 heavy (non-hydrogen) atoms. The third kappa shape index (κ3) is 4.18. The van der Waals surface area contributed by atoms with Crippen molar-refractivity contribution in [2.75, 3.05) is 25.0 Å². The summed E-state index contributed by atoms with van der Waals surface area (Å²) in [6.45, 7) is 2.28. The van der Waals surface area contributed by atoms with E-state index in [1.165, 1.54) is 18.9 Å². The molecule has 1 aromatic heterocycles. The quantitative estimate of drug-likeness (QED) is 0.472. The van der Waals surface area contributed by atoms with E-state index in [0.717, 1.165) is 33.7 Å². The lowest BCUT2D eigenvalue weighted by Gasteiger charge is -2.10. The maximum atomic E-state index is 12.4. The van der Waals surface area contributed by atoms with Crippen LogP contribution in [0.1, 0.15) is 22.8 Å². The van der Waals surface area contributed by atoms with Crippen molar-refractivity contribution in [1.82, 2.24) is 4.98 Å². The zero-order valence-electron chi connectivity index (χ0n) is 16.6. The summed E-state index contributed by atoms with van der Waals surface area (Å²) in [5.41, 5.74) is 2.92. The van der Waals surface area contributed by atoms with Crippen LogP contribution in [0.4, 0.5) is 5.69 Å². The van der Waals surface area contributed by atoms with Crippen molar-refractivity contribution in [2.45, 2.75) is 18.4 Å². The van der Waals surface area contributed by atoms with E-state index in [9.17, 15) is 9.59 Å². The van der Waals surface area contributed by atoms with Gasteiger partial charge >= 0.3 is 5.97 Å². The molecule has 7 nitrogen and oxygen atoms in total. The van der Waals surface area contributed by atoms with E-state index < -0.39 is 5.97 Å². The highest BCUT2D eigenvalue weighted by molar-refractivity contribution is 8.00. The van der Waals surface area contributed by atoms with Crippen molar-refractivity contribution in [3.05, 3.63) is 53.6 Å². The molecule has 0 bridgehead atoms. The van der Waals surface area contributed by atoms with Gasteiger partial charge in [0.2, 0.25) is 12.7 Å². The number of esters is 1. The molecule has 0 fully saturated rings. The number of amides is 1. The Morgan fingerprint density at radius 1 is 1.13 bits per heavy atom. The SMILES string of the molecule is CCc1cc2cc3c(cc2nc1SCC(=O)Nc1ccc(C(=O)OC)cc1)OCO3. The van der Waals surface area contributed by atoms with E-state index in [2.05, 4.69) is 23.0 Å². The van der Waals surface area contributed by atoms with Crippen LogP contribution in [0.15, 0.2) is 47.5 Å². The van der Waals surface area contributed by atoms with Crippen molar-refractivity contribution in [3.63, 3.8) is 0 Å². The highest BCUT2D eigenvalue weighted by atomic mass is 32.2. The van der Waals surface area contributed by atoms with E-state index in [4.69, 9.17) is 14.5 Å². The smallest absolute Gasteiger partial charge is 0.337 e. The van der Waals surface area contributed by atoms with Crippen LogP contribution in [-0.4, -0.2) is 36.5 Å². The lowest BCUT2D eigenvalue weighted by atomic mass is 10.1. The fourth-order valence-electron chi connectivity index (χ4n) is 3.11. The van der Waals surface area contributed by atoms with Crippen molar-refractivity contribution in [3.8, 4) is 11.5 Å². The first kappa shape index (κ1) is 20.0. The number of rotatable bonds is 6. The Balaban J connectivity index is 1.45. The number of nitrogens with one attached hydrogen (secondary N) is 1. The minimum atomic E-state index is -0.416. The van der Waals surface area contributed by atoms with Crippen LogP contribution in [0.2, 0.25) is 0 Å². The van der Waals surface area contributed by atoms with Crippen LogP contribution in [0.25, 0.3) is 10.9 Å². The Hall–Kier alpha value is -3.26. The predicted octanol–water partition coefficient (Wildman–Crippen LogP) is 4.04. The normalized spacial score (nSPS) is 12.1. The van der Waals surface area contributed by atoms with Crippen molar-refractivity contribution in [1.29, 1.82) is 0 Å². The molecule has 1 aliphatic rings. The van der Waals surface area contributed by atoms with Gasteiger partial charge in [0.05, 0.1) is 23.9 Å². The standard InChI is InChI=1S/C22H20N2O5S/c1-3-13-8-15-9-18-19(29-12-28-18)10-17(15)24-21(13)30-11-20(25)23-16-6-4-14(5-7-16)22(26)27-2/h4-10H,3,11-12H2,1-2H3,(H,23,25). The summed E-state index contributed by atoms with van der Waals surface area (Å²) in [5, 5.41) is 4.63. The zero-order valence-corrected chi connectivity index (χ0v) is 17.4. The highest BCUT2D eigenvalue weighted by Gasteiger charge is 2.17. The highest BCUT2D eigenvalue weighted by Crippen LogP contribution is 2.37. The third-order valence-electron chi connectivity index (χ3n) is 4.66. The topological polar surface area (TPSA) is 86.8 Å². The van der Waals surface area contributed by atoms with Crippen LogP contribution in [0.3, 0.4) is 0 Å². The van der Waals surface area contributed by atoms with E-state index in [0.29, 0.717) is 17.0 Å². The van der Waals surface area contributed by atoms with Crippen LogP contribution < -0.4 is 14.8 Å². The molecule has 0 spiro atoms. The Bertz CT molecular complexity index is 1110. The van der Waals surface area contributed by atoms with Crippen LogP contribution in [-0.2, 0) is 16.0 Å². The summed E-state index contributed by atoms with van der Waals surface area (Å²) in [5.74, 6) is 1.06. The number of aromatic nitrogens is 1. The monoisotopic (exact) mass is 424 g/mol. The predicted molar refractivity (Wildman–Crippen MR) is 114 cm³/mol. The molecule has 1 aliphatic heterocycles. The number of aryl methyl sites for hydroxylation is 1. The summed E-state index contributed by atoms with van der Waals surface area (Å²) in [7, 11) is 1.33. The molecule has 1 amide bonds. The number of hydrogen-bond donors (Lipinski definition) is 1. The third-order valence-corrected chi connectivity index (χ3v) is 5.69. The Kier molecular flexibility index (Phi) is 5.76. The number of carbonyl (C=O) groups excluding carboxylic acids is 2. The zero-order chi connectivity index (χ0) is 21.1. The molecule has 0 aliphatic carbocycles. The van der Waals surface area contributed by atoms with Gasteiger partial charge < -0.3 is 19.5 Å². The lowest BCUT2D eigenvalue weighted by Crippen LogP contribution is -2.14. The number of anilines is 1. The van der Waals surface area contributed by atoms with Gasteiger partial charge in [-0.25, -0.2) is 9.78 Å². The molecule has 154 valence electrons. The molecule has 8 heteroatoms. The number of benzene rings is 2. The molecule has 4 rings (SSSR count). The number of methoxy groups -OCH3 is 1. The number of nitrogens with zero attached hydrogens (tertiary/aromatic N) is 1. The van der Waals surface area contributed by atoms with Crippen LogP contribution in [0.5, 0.6) is 11.5 Å². The fourth-order valence-corrected chi connectivity index (χ4v) is 4.00. The first-order valence-corrected chi connectivity index (χ1v) is 10.4. The minimum absolute atomic E-state index is 0.152. The first-order chi connectivity index (χ1) is 14.6. The van der Waals surface area contributed by atoms with Gasteiger partial charge in [-0.05, 0) is 48.4 Å². The van der Waals surface area contributed by atoms with Gasteiger partial charge in [-0.15, -0.1) is 0 Å². The largest absolute Gasteiger partial charge is 0.465 e. The summed E-state index contributed by atoms with van der Waals surface area (Å²) in [6.07, 6.45) is 0.802. The maximum Gasteiger partial charge on any atom is 0.337 e. The molecule has 3 aromatic rings. The second kappa shape index (κ2) is 8.62. The molecule has 1 N–H and O–H groups in total. The Morgan fingerprint density at radius 2 is 1.87 bits per heavy atom. The van der Waals surface area contributed by atoms with Gasteiger partial charge in [-0.1, -0.05) is 18.7 Å².